The predicted octanol–water partition coefficient (Wildman–Crippen LogP) is 5.06. The minimum atomic E-state index is -4.44. The highest BCUT2D eigenvalue weighted by Crippen LogP contribution is 2.39. The van der Waals surface area contributed by atoms with Crippen molar-refractivity contribution in [3.63, 3.8) is 0 Å². The van der Waals surface area contributed by atoms with Crippen LogP contribution in [0.1, 0.15) is 36.3 Å². The molecule has 5 nitrogen and oxygen atoms in total. The van der Waals surface area contributed by atoms with Crippen molar-refractivity contribution in [2.45, 2.75) is 37.3 Å². The van der Waals surface area contributed by atoms with Crippen LogP contribution in [0.3, 0.4) is 0 Å². The fourth-order valence-electron chi connectivity index (χ4n) is 4.70. The standard InChI is InChI=1S/C24H24F5N3O2/c25-23(26)13-32(14-23)22(33)31-11-17(15-5-7-19(8-6-15)24(27,28)29)10-18(12-31)21-30-20(16-3-4-16)2-1-9-34-21/h1,5-8,16-18H,3-4,9-14H2. The average Bonchev–Trinajstić information content (AvgIpc) is 3.62. The van der Waals surface area contributed by atoms with Gasteiger partial charge in [-0.1, -0.05) is 17.9 Å². The molecule has 2 amide bonds. The van der Waals surface area contributed by atoms with Crippen LogP contribution in [0, 0.1) is 11.8 Å². The summed E-state index contributed by atoms with van der Waals surface area (Å²) < 4.78 is 71.6. The zero-order chi connectivity index (χ0) is 24.1. The van der Waals surface area contributed by atoms with E-state index in [4.69, 9.17) is 4.74 Å². The van der Waals surface area contributed by atoms with Crippen molar-refractivity contribution in [2.75, 3.05) is 32.8 Å². The van der Waals surface area contributed by atoms with Crippen LogP contribution in [0.5, 0.6) is 0 Å². The van der Waals surface area contributed by atoms with Gasteiger partial charge < -0.3 is 14.5 Å². The third-order valence-electron chi connectivity index (χ3n) is 6.65. The van der Waals surface area contributed by atoms with E-state index < -0.39 is 36.8 Å². The minimum absolute atomic E-state index is 0.222. The van der Waals surface area contributed by atoms with Crippen molar-refractivity contribution in [3.8, 4) is 0 Å². The zero-order valence-corrected chi connectivity index (χ0v) is 18.3. The van der Waals surface area contributed by atoms with Crippen LogP contribution in [-0.4, -0.2) is 60.4 Å². The normalized spacial score (nSPS) is 26.7. The molecule has 182 valence electrons. The van der Waals surface area contributed by atoms with Crippen LogP contribution in [-0.2, 0) is 10.9 Å². The van der Waals surface area contributed by atoms with Crippen molar-refractivity contribution in [1.82, 2.24) is 9.80 Å². The summed E-state index contributed by atoms with van der Waals surface area (Å²) in [5.74, 6) is -2.69. The maximum atomic E-state index is 13.4. The summed E-state index contributed by atoms with van der Waals surface area (Å²) in [6.45, 7) is -0.515. The molecular formula is C24H24F5N3O2. The number of piperidine rings is 1. The molecule has 3 heterocycles. The number of carbonyl (C=O) groups excluding carboxylic acids is 1. The number of benzene rings is 1. The molecule has 2 saturated heterocycles. The second-order valence-corrected chi connectivity index (χ2v) is 9.42. The van der Waals surface area contributed by atoms with E-state index >= 15 is 0 Å². The molecule has 3 fully saturated rings. The van der Waals surface area contributed by atoms with Gasteiger partial charge in [0.15, 0.2) is 5.90 Å². The van der Waals surface area contributed by atoms with Gasteiger partial charge in [-0.25, -0.2) is 18.6 Å². The molecule has 3 aliphatic heterocycles. The Morgan fingerprint density at radius 2 is 1.71 bits per heavy atom. The zero-order valence-electron chi connectivity index (χ0n) is 18.3. The van der Waals surface area contributed by atoms with E-state index in [1.807, 2.05) is 0 Å². The molecule has 1 saturated carbocycles. The number of carbonyl (C=O) groups is 1. The lowest BCUT2D eigenvalue weighted by atomic mass is 9.84. The Hall–Kier alpha value is -2.87. The highest BCUT2D eigenvalue weighted by molar-refractivity contribution is 5.82. The van der Waals surface area contributed by atoms with E-state index in [2.05, 4.69) is 10.7 Å². The molecule has 2 atom stereocenters. The number of likely N-dealkylation sites (tertiary alicyclic amines) is 2. The smallest absolute Gasteiger partial charge is 0.416 e. The Morgan fingerprint density at radius 1 is 1.03 bits per heavy atom. The number of alkyl halides is 5. The Bertz CT molecular complexity index is 1050. The highest BCUT2D eigenvalue weighted by Gasteiger charge is 2.48. The van der Waals surface area contributed by atoms with Gasteiger partial charge in [0.1, 0.15) is 6.61 Å². The van der Waals surface area contributed by atoms with Crippen molar-refractivity contribution >= 4 is 11.9 Å². The molecule has 1 aromatic rings. The summed E-state index contributed by atoms with van der Waals surface area (Å²) >= 11 is 0. The number of urea groups is 1. The second kappa shape index (κ2) is 8.41. The summed E-state index contributed by atoms with van der Waals surface area (Å²) in [6.07, 6.45) is -0.105. The van der Waals surface area contributed by atoms with Crippen molar-refractivity contribution in [1.29, 1.82) is 0 Å². The van der Waals surface area contributed by atoms with Gasteiger partial charge >= 0.3 is 12.2 Å². The molecule has 0 radical (unpaired) electrons. The highest BCUT2D eigenvalue weighted by atomic mass is 19.4. The number of halogens is 5. The molecule has 0 N–H and O–H groups in total. The van der Waals surface area contributed by atoms with Gasteiger partial charge in [0.05, 0.1) is 30.3 Å². The van der Waals surface area contributed by atoms with E-state index in [1.54, 1.807) is 6.08 Å². The first-order chi connectivity index (χ1) is 16.1. The summed E-state index contributed by atoms with van der Waals surface area (Å²) in [5.41, 5.74) is 3.86. The van der Waals surface area contributed by atoms with Gasteiger partial charge in [-0.05, 0) is 43.0 Å². The number of rotatable bonds is 3. The lowest BCUT2D eigenvalue weighted by Gasteiger charge is -2.45. The fraction of sp³-hybridized carbons (Fsp3) is 0.542. The summed E-state index contributed by atoms with van der Waals surface area (Å²) in [7, 11) is 0. The van der Waals surface area contributed by atoms with Crippen molar-refractivity contribution < 1.29 is 31.5 Å². The molecular weight excluding hydrogens is 457 g/mol. The minimum Gasteiger partial charge on any atom is -0.476 e. The maximum absolute atomic E-state index is 13.4. The first kappa shape index (κ1) is 22.9. The van der Waals surface area contributed by atoms with E-state index in [1.165, 1.54) is 17.0 Å². The van der Waals surface area contributed by atoms with Gasteiger partial charge in [-0.2, -0.15) is 13.2 Å². The summed E-state index contributed by atoms with van der Waals surface area (Å²) in [5, 5.41) is 0. The van der Waals surface area contributed by atoms with Crippen LogP contribution in [0.4, 0.5) is 26.7 Å². The number of amides is 2. The molecule has 5 rings (SSSR count). The van der Waals surface area contributed by atoms with E-state index in [9.17, 15) is 26.7 Å². The molecule has 10 heteroatoms. The Labute approximate surface area is 193 Å². The van der Waals surface area contributed by atoms with Crippen LogP contribution in [0.25, 0.3) is 0 Å². The quantitative estimate of drug-likeness (QED) is 0.448. The average molecular weight is 481 g/mol. The fourth-order valence-corrected chi connectivity index (χ4v) is 4.70. The number of ether oxygens (including phenoxy) is 1. The first-order valence-corrected chi connectivity index (χ1v) is 11.3. The molecule has 34 heavy (non-hydrogen) atoms. The number of hydrogen-bond donors (Lipinski definition) is 0. The first-order valence-electron chi connectivity index (χ1n) is 11.3. The monoisotopic (exact) mass is 481 g/mol. The van der Waals surface area contributed by atoms with Gasteiger partial charge in [-0.3, -0.25) is 0 Å². The topological polar surface area (TPSA) is 45.1 Å². The Balaban J connectivity index is 1.40. The SMILES string of the molecule is O=C(N1CC(C2=NC(C3CC3)=C=CCO2)CC(c2ccc(C(F)(F)F)cc2)C1)N1CC(F)(F)C1. The summed E-state index contributed by atoms with van der Waals surface area (Å²) in [4.78, 5) is 20.2. The lowest BCUT2D eigenvalue weighted by Crippen LogP contribution is -2.63. The second-order valence-electron chi connectivity index (χ2n) is 9.42. The maximum Gasteiger partial charge on any atom is 0.416 e. The van der Waals surface area contributed by atoms with Gasteiger partial charge in [0.25, 0.3) is 5.92 Å². The van der Waals surface area contributed by atoms with E-state index in [0.717, 1.165) is 35.6 Å². The van der Waals surface area contributed by atoms with Crippen molar-refractivity contribution in [3.05, 3.63) is 52.9 Å². The van der Waals surface area contributed by atoms with Crippen LogP contribution >= 0.6 is 0 Å². The third kappa shape index (κ3) is 4.82. The van der Waals surface area contributed by atoms with E-state index in [0.29, 0.717) is 23.8 Å². The van der Waals surface area contributed by atoms with Gasteiger partial charge in [0, 0.05) is 24.9 Å². The summed E-state index contributed by atoms with van der Waals surface area (Å²) in [6, 6.07) is 4.39. The number of hydrogen-bond acceptors (Lipinski definition) is 3. The lowest BCUT2D eigenvalue weighted by molar-refractivity contribution is -0.137. The van der Waals surface area contributed by atoms with Gasteiger partial charge in [-0.15, -0.1) is 0 Å². The van der Waals surface area contributed by atoms with Crippen LogP contribution < -0.4 is 0 Å². The molecule has 1 aromatic carbocycles. The molecule has 4 aliphatic rings. The van der Waals surface area contributed by atoms with E-state index in [-0.39, 0.29) is 31.5 Å². The third-order valence-corrected chi connectivity index (χ3v) is 6.65. The van der Waals surface area contributed by atoms with Crippen LogP contribution in [0.15, 0.2) is 46.8 Å². The molecule has 0 aromatic heterocycles. The molecule has 2 unspecified atom stereocenters. The molecule has 1 aliphatic carbocycles. The predicted molar refractivity (Wildman–Crippen MR) is 113 cm³/mol. The molecule has 0 bridgehead atoms. The number of aliphatic imine (C=N–C) groups is 1. The largest absolute Gasteiger partial charge is 0.476 e. The van der Waals surface area contributed by atoms with Crippen molar-refractivity contribution in [2.24, 2.45) is 16.8 Å². The van der Waals surface area contributed by atoms with Crippen LogP contribution in [0.2, 0.25) is 0 Å². The number of nitrogens with zero attached hydrogens (tertiary/aromatic N) is 3. The Morgan fingerprint density at radius 3 is 2.32 bits per heavy atom. The molecule has 0 spiro atoms. The Kier molecular flexibility index (Phi) is 5.67. The van der Waals surface area contributed by atoms with Gasteiger partial charge in [0.2, 0.25) is 0 Å².